The van der Waals surface area contributed by atoms with Gasteiger partial charge in [0.05, 0.1) is 7.11 Å². The molecule has 88 valence electrons. The Morgan fingerprint density at radius 1 is 1.62 bits per heavy atom. The van der Waals surface area contributed by atoms with Crippen LogP contribution in [-0.4, -0.2) is 18.1 Å². The largest absolute Gasteiger partial charge is 0.464 e. The van der Waals surface area contributed by atoms with Gasteiger partial charge >= 0.3 is 5.97 Å². The number of nitrogens with two attached hydrogens (primary N) is 1. The summed E-state index contributed by atoms with van der Waals surface area (Å²) in [5.41, 5.74) is 5.44. The first kappa shape index (κ1) is 12.5. The predicted molar refractivity (Wildman–Crippen MR) is 53.2 cm³/mol. The third kappa shape index (κ3) is 2.33. The van der Waals surface area contributed by atoms with Crippen molar-refractivity contribution in [3.63, 3.8) is 0 Å². The number of rotatable bonds is 3. The van der Waals surface area contributed by atoms with E-state index in [1.165, 1.54) is 20.1 Å². The molecule has 0 radical (unpaired) electrons. The Kier molecular flexibility index (Phi) is 3.89. The molecule has 2 N–H and O–H groups in total. The highest BCUT2D eigenvalue weighted by molar-refractivity contribution is 5.87. The zero-order chi connectivity index (χ0) is 12.3. The maximum Gasteiger partial charge on any atom is 0.356 e. The van der Waals surface area contributed by atoms with Gasteiger partial charge in [-0.15, -0.1) is 0 Å². The molecule has 0 saturated carbocycles. The molecule has 0 amide bonds. The number of hydrogen-bond donors (Lipinski definition) is 1. The highest BCUT2D eigenvalue weighted by Crippen LogP contribution is 2.26. The summed E-state index contributed by atoms with van der Waals surface area (Å²) in [7, 11) is 1.20. The molecule has 0 unspecified atom stereocenters. The summed E-state index contributed by atoms with van der Waals surface area (Å²) in [6.45, 7) is 1.33. The number of aryl methyl sites for hydroxylation is 1. The number of halogens is 2. The summed E-state index contributed by atoms with van der Waals surface area (Å²) in [4.78, 5) is 15.0. The minimum atomic E-state index is -2.65. The van der Waals surface area contributed by atoms with Crippen molar-refractivity contribution in [3.05, 3.63) is 28.6 Å². The van der Waals surface area contributed by atoms with Crippen molar-refractivity contribution in [2.24, 2.45) is 5.73 Å². The first-order valence-electron chi connectivity index (χ1n) is 4.58. The zero-order valence-electron chi connectivity index (χ0n) is 8.96. The van der Waals surface area contributed by atoms with Crippen molar-refractivity contribution in [1.82, 2.24) is 4.98 Å². The minimum absolute atomic E-state index is 0.00940. The van der Waals surface area contributed by atoms with E-state index in [0.29, 0.717) is 0 Å². The van der Waals surface area contributed by atoms with Crippen molar-refractivity contribution in [2.75, 3.05) is 7.11 Å². The maximum atomic E-state index is 12.7. The van der Waals surface area contributed by atoms with Crippen molar-refractivity contribution in [3.8, 4) is 0 Å². The number of alkyl halides is 2. The molecule has 0 aromatic carbocycles. The Morgan fingerprint density at radius 2 is 2.25 bits per heavy atom. The van der Waals surface area contributed by atoms with E-state index in [0.717, 1.165) is 0 Å². The molecular formula is C10H12F2N2O2. The van der Waals surface area contributed by atoms with Gasteiger partial charge < -0.3 is 10.5 Å². The summed E-state index contributed by atoms with van der Waals surface area (Å²) < 4.78 is 29.8. The highest BCUT2D eigenvalue weighted by Gasteiger charge is 2.19. The Bertz CT molecular complexity index is 408. The first-order valence-corrected chi connectivity index (χ1v) is 4.58. The number of nitrogens with zero attached hydrogens (tertiary/aromatic N) is 1. The van der Waals surface area contributed by atoms with Crippen LogP contribution >= 0.6 is 0 Å². The van der Waals surface area contributed by atoms with E-state index >= 15 is 0 Å². The van der Waals surface area contributed by atoms with Crippen LogP contribution in [0.25, 0.3) is 0 Å². The van der Waals surface area contributed by atoms with Crippen LogP contribution in [0.1, 0.15) is 33.7 Å². The smallest absolute Gasteiger partial charge is 0.356 e. The number of ether oxygens (including phenoxy) is 1. The van der Waals surface area contributed by atoms with Crippen LogP contribution in [-0.2, 0) is 11.3 Å². The molecular weight excluding hydrogens is 218 g/mol. The van der Waals surface area contributed by atoms with E-state index in [1.807, 2.05) is 0 Å². The highest BCUT2D eigenvalue weighted by atomic mass is 19.3. The average molecular weight is 230 g/mol. The van der Waals surface area contributed by atoms with Gasteiger partial charge in [-0.2, -0.15) is 0 Å². The van der Waals surface area contributed by atoms with Crippen molar-refractivity contribution in [1.29, 1.82) is 0 Å². The van der Waals surface area contributed by atoms with Crippen LogP contribution in [0.15, 0.2) is 6.07 Å². The van der Waals surface area contributed by atoms with E-state index in [-0.39, 0.29) is 29.1 Å². The summed E-state index contributed by atoms with van der Waals surface area (Å²) >= 11 is 0. The Hall–Kier alpha value is -1.56. The molecule has 1 rings (SSSR count). The average Bonchev–Trinajstić information content (AvgIpc) is 2.26. The summed E-state index contributed by atoms with van der Waals surface area (Å²) in [6, 6.07) is 1.24. The van der Waals surface area contributed by atoms with Gasteiger partial charge in [-0.3, -0.25) is 0 Å². The van der Waals surface area contributed by atoms with Crippen molar-refractivity contribution < 1.29 is 18.3 Å². The lowest BCUT2D eigenvalue weighted by Crippen LogP contribution is -2.12. The maximum absolute atomic E-state index is 12.7. The quantitative estimate of drug-likeness (QED) is 0.800. The second kappa shape index (κ2) is 4.98. The fourth-order valence-electron chi connectivity index (χ4n) is 1.42. The monoisotopic (exact) mass is 230 g/mol. The molecule has 1 aromatic rings. The Labute approximate surface area is 91.4 Å². The second-order valence-corrected chi connectivity index (χ2v) is 3.16. The Balaban J connectivity index is 3.32. The summed E-state index contributed by atoms with van der Waals surface area (Å²) in [5.74, 6) is -0.668. The molecule has 0 aliphatic heterocycles. The van der Waals surface area contributed by atoms with Gasteiger partial charge in [0, 0.05) is 17.8 Å². The molecule has 16 heavy (non-hydrogen) atoms. The number of methoxy groups -OCH3 is 1. The van der Waals surface area contributed by atoms with E-state index in [4.69, 9.17) is 5.73 Å². The molecule has 6 heteroatoms. The SMILES string of the molecule is COC(=O)c1cc(CN)c(C(F)F)c(C)n1. The number of esters is 1. The van der Waals surface area contributed by atoms with Crippen LogP contribution in [0.2, 0.25) is 0 Å². The van der Waals surface area contributed by atoms with E-state index in [1.54, 1.807) is 0 Å². The van der Waals surface area contributed by atoms with Crippen molar-refractivity contribution >= 4 is 5.97 Å². The number of aromatic nitrogens is 1. The third-order valence-electron chi connectivity index (χ3n) is 2.17. The van der Waals surface area contributed by atoms with Crippen LogP contribution < -0.4 is 5.73 Å². The van der Waals surface area contributed by atoms with Gasteiger partial charge in [-0.05, 0) is 18.6 Å². The van der Waals surface area contributed by atoms with Crippen LogP contribution in [0.5, 0.6) is 0 Å². The zero-order valence-corrected chi connectivity index (χ0v) is 8.96. The van der Waals surface area contributed by atoms with E-state index in [2.05, 4.69) is 9.72 Å². The van der Waals surface area contributed by atoms with Crippen molar-refractivity contribution in [2.45, 2.75) is 19.9 Å². The molecule has 0 saturated heterocycles. The van der Waals surface area contributed by atoms with Gasteiger partial charge in [0.25, 0.3) is 6.43 Å². The molecule has 1 heterocycles. The fraction of sp³-hybridized carbons (Fsp3) is 0.400. The lowest BCUT2D eigenvalue weighted by molar-refractivity contribution is 0.0593. The second-order valence-electron chi connectivity index (χ2n) is 3.16. The van der Waals surface area contributed by atoms with E-state index < -0.39 is 12.4 Å². The predicted octanol–water partition coefficient (Wildman–Crippen LogP) is 1.57. The topological polar surface area (TPSA) is 65.2 Å². The normalized spacial score (nSPS) is 10.6. The number of carbonyl (C=O) groups is 1. The minimum Gasteiger partial charge on any atom is -0.464 e. The number of carbonyl (C=O) groups excluding carboxylic acids is 1. The fourth-order valence-corrected chi connectivity index (χ4v) is 1.42. The molecule has 0 bridgehead atoms. The summed E-state index contributed by atoms with van der Waals surface area (Å²) in [5, 5.41) is 0. The standard InChI is InChI=1S/C10H12F2N2O2/c1-5-8(9(11)12)6(4-13)3-7(14-5)10(15)16-2/h3,9H,4,13H2,1-2H3. The van der Waals surface area contributed by atoms with Crippen LogP contribution in [0.4, 0.5) is 8.78 Å². The first-order chi connectivity index (χ1) is 7.51. The van der Waals surface area contributed by atoms with Gasteiger partial charge in [0.15, 0.2) is 0 Å². The third-order valence-corrected chi connectivity index (χ3v) is 2.17. The van der Waals surface area contributed by atoms with Gasteiger partial charge in [0.2, 0.25) is 0 Å². The summed E-state index contributed by atoms with van der Waals surface area (Å²) in [6.07, 6.45) is -2.65. The van der Waals surface area contributed by atoms with Gasteiger partial charge in [-0.25, -0.2) is 18.6 Å². The Morgan fingerprint density at radius 3 is 2.69 bits per heavy atom. The molecule has 0 aliphatic rings. The van der Waals surface area contributed by atoms with Gasteiger partial charge in [0.1, 0.15) is 5.69 Å². The molecule has 4 nitrogen and oxygen atoms in total. The number of hydrogen-bond acceptors (Lipinski definition) is 4. The number of pyridine rings is 1. The van der Waals surface area contributed by atoms with Crippen LogP contribution in [0, 0.1) is 6.92 Å². The van der Waals surface area contributed by atoms with Crippen LogP contribution in [0.3, 0.4) is 0 Å². The van der Waals surface area contributed by atoms with E-state index in [9.17, 15) is 13.6 Å². The molecule has 0 aliphatic carbocycles. The van der Waals surface area contributed by atoms with Gasteiger partial charge in [-0.1, -0.05) is 0 Å². The molecule has 0 fully saturated rings. The molecule has 0 atom stereocenters. The molecule has 0 spiro atoms. The molecule has 1 aromatic heterocycles. The lowest BCUT2D eigenvalue weighted by Gasteiger charge is -2.11. The lowest BCUT2D eigenvalue weighted by atomic mass is 10.1.